The third-order valence-electron chi connectivity index (χ3n) is 1.78. The summed E-state index contributed by atoms with van der Waals surface area (Å²) < 4.78 is 5.10. The van der Waals surface area contributed by atoms with E-state index >= 15 is 0 Å². The second-order valence-electron chi connectivity index (χ2n) is 3.36. The van der Waals surface area contributed by atoms with Gasteiger partial charge in [-0.1, -0.05) is 27.2 Å². The van der Waals surface area contributed by atoms with Crippen LogP contribution in [0, 0.1) is 11.8 Å². The van der Waals surface area contributed by atoms with E-state index in [1.54, 1.807) is 7.11 Å². The summed E-state index contributed by atoms with van der Waals surface area (Å²) in [7, 11) is 1.78. The summed E-state index contributed by atoms with van der Waals surface area (Å²) in [5.74, 6) is 1.57. The summed E-state index contributed by atoms with van der Waals surface area (Å²) in [5.41, 5.74) is 0. The van der Waals surface area contributed by atoms with Crippen LogP contribution in [0.4, 0.5) is 0 Å². The highest BCUT2D eigenvalue weighted by Crippen LogP contribution is 2.14. The molecule has 0 aliphatic heterocycles. The molecule has 0 aromatic carbocycles. The molecule has 0 N–H and O–H groups in total. The minimum Gasteiger partial charge on any atom is -0.384 e. The topological polar surface area (TPSA) is 9.23 Å². The van der Waals surface area contributed by atoms with Crippen molar-refractivity contribution < 1.29 is 4.74 Å². The highest BCUT2D eigenvalue weighted by atomic mass is 16.5. The van der Waals surface area contributed by atoms with Crippen LogP contribution in [0.5, 0.6) is 0 Å². The van der Waals surface area contributed by atoms with E-state index in [1.807, 2.05) is 0 Å². The lowest BCUT2D eigenvalue weighted by atomic mass is 9.96. The number of methoxy groups -OCH3 is 1. The van der Waals surface area contributed by atoms with E-state index in [4.69, 9.17) is 4.74 Å². The molecule has 1 nitrogen and oxygen atoms in total. The average Bonchev–Trinajstić information content (AvgIpc) is 1.86. The molecule has 0 aliphatic rings. The van der Waals surface area contributed by atoms with Gasteiger partial charge in [0.2, 0.25) is 0 Å². The highest BCUT2D eigenvalue weighted by molar-refractivity contribution is 4.57. The van der Waals surface area contributed by atoms with E-state index in [-0.39, 0.29) is 0 Å². The van der Waals surface area contributed by atoms with Crippen molar-refractivity contribution in [2.24, 2.45) is 11.8 Å². The zero-order valence-corrected chi connectivity index (χ0v) is 7.68. The highest BCUT2D eigenvalue weighted by Gasteiger charge is 2.07. The van der Waals surface area contributed by atoms with Crippen molar-refractivity contribution in [2.45, 2.75) is 33.6 Å². The van der Waals surface area contributed by atoms with Gasteiger partial charge in [0, 0.05) is 13.7 Å². The van der Waals surface area contributed by atoms with Crippen LogP contribution in [0.3, 0.4) is 0 Å². The van der Waals surface area contributed by atoms with Crippen molar-refractivity contribution in [3.8, 4) is 0 Å². The molecule has 0 aromatic heterocycles. The Balaban J connectivity index is 3.39. The molecule has 10 heavy (non-hydrogen) atoms. The molecule has 0 unspecified atom stereocenters. The van der Waals surface area contributed by atoms with Gasteiger partial charge in [-0.05, 0) is 18.3 Å². The Morgan fingerprint density at radius 3 is 2.20 bits per heavy atom. The number of hydrogen-bond donors (Lipinski definition) is 0. The molecule has 0 saturated heterocycles. The van der Waals surface area contributed by atoms with Gasteiger partial charge in [-0.3, -0.25) is 0 Å². The number of rotatable bonds is 5. The Labute approximate surface area is 64.8 Å². The van der Waals surface area contributed by atoms with Crippen molar-refractivity contribution in [1.29, 1.82) is 0 Å². The maximum absolute atomic E-state index is 5.10. The third-order valence-corrected chi connectivity index (χ3v) is 1.78. The van der Waals surface area contributed by atoms with Crippen LogP contribution in [-0.2, 0) is 4.74 Å². The molecule has 0 amide bonds. The van der Waals surface area contributed by atoms with Gasteiger partial charge in [0.15, 0.2) is 0 Å². The van der Waals surface area contributed by atoms with Crippen LogP contribution < -0.4 is 0 Å². The van der Waals surface area contributed by atoms with Gasteiger partial charge >= 0.3 is 0 Å². The van der Waals surface area contributed by atoms with E-state index in [2.05, 4.69) is 20.8 Å². The van der Waals surface area contributed by atoms with E-state index in [0.717, 1.165) is 18.4 Å². The second-order valence-corrected chi connectivity index (χ2v) is 3.36. The zero-order chi connectivity index (χ0) is 7.98. The Hall–Kier alpha value is -0.0400. The van der Waals surface area contributed by atoms with Crippen molar-refractivity contribution in [3.63, 3.8) is 0 Å². The fourth-order valence-corrected chi connectivity index (χ4v) is 1.25. The van der Waals surface area contributed by atoms with Crippen LogP contribution in [0.15, 0.2) is 0 Å². The van der Waals surface area contributed by atoms with Crippen LogP contribution >= 0.6 is 0 Å². The molecular formula is C9H20O. The lowest BCUT2D eigenvalue weighted by Crippen LogP contribution is -2.09. The molecule has 0 fully saturated rings. The molecule has 0 bridgehead atoms. The number of hydrogen-bond acceptors (Lipinski definition) is 1. The van der Waals surface area contributed by atoms with Gasteiger partial charge in [-0.2, -0.15) is 0 Å². The van der Waals surface area contributed by atoms with Gasteiger partial charge in [-0.25, -0.2) is 0 Å². The summed E-state index contributed by atoms with van der Waals surface area (Å²) in [5, 5.41) is 0. The Kier molecular flexibility index (Phi) is 5.70. The Morgan fingerprint density at radius 1 is 1.30 bits per heavy atom. The van der Waals surface area contributed by atoms with Gasteiger partial charge in [0.1, 0.15) is 0 Å². The first-order chi connectivity index (χ1) is 4.70. The summed E-state index contributed by atoms with van der Waals surface area (Å²) in [6.07, 6.45) is 2.54. The van der Waals surface area contributed by atoms with E-state index in [9.17, 15) is 0 Å². The van der Waals surface area contributed by atoms with Crippen molar-refractivity contribution in [3.05, 3.63) is 0 Å². The monoisotopic (exact) mass is 144 g/mol. The first kappa shape index (κ1) is 9.96. The largest absolute Gasteiger partial charge is 0.384 e. The van der Waals surface area contributed by atoms with Gasteiger partial charge in [-0.15, -0.1) is 0 Å². The average molecular weight is 144 g/mol. The molecule has 0 aromatic rings. The van der Waals surface area contributed by atoms with Gasteiger partial charge in [0.25, 0.3) is 0 Å². The normalized spacial score (nSPS) is 14.1. The molecular weight excluding hydrogens is 124 g/mol. The van der Waals surface area contributed by atoms with Crippen LogP contribution in [0.2, 0.25) is 0 Å². The van der Waals surface area contributed by atoms with Crippen molar-refractivity contribution >= 4 is 0 Å². The van der Waals surface area contributed by atoms with Crippen molar-refractivity contribution in [2.75, 3.05) is 13.7 Å². The lowest BCUT2D eigenvalue weighted by Gasteiger charge is -2.15. The SMILES string of the molecule is CC[C@@H](COC)CC(C)C. The standard InChI is InChI=1S/C9H20O/c1-5-9(7-10-4)6-8(2)3/h8-9H,5-7H2,1-4H3/t9-/m1/s1. The second kappa shape index (κ2) is 5.72. The van der Waals surface area contributed by atoms with E-state index in [1.165, 1.54) is 12.8 Å². The smallest absolute Gasteiger partial charge is 0.0490 e. The number of ether oxygens (including phenoxy) is 1. The molecule has 62 valence electrons. The van der Waals surface area contributed by atoms with Crippen LogP contribution in [-0.4, -0.2) is 13.7 Å². The quantitative estimate of drug-likeness (QED) is 0.576. The minimum atomic E-state index is 0.769. The third kappa shape index (κ3) is 4.80. The lowest BCUT2D eigenvalue weighted by molar-refractivity contribution is 0.138. The van der Waals surface area contributed by atoms with Crippen LogP contribution in [0.25, 0.3) is 0 Å². The summed E-state index contributed by atoms with van der Waals surface area (Å²) >= 11 is 0. The molecule has 0 saturated carbocycles. The molecule has 0 radical (unpaired) electrons. The van der Waals surface area contributed by atoms with Crippen molar-refractivity contribution in [1.82, 2.24) is 0 Å². The molecule has 0 rings (SSSR count). The summed E-state index contributed by atoms with van der Waals surface area (Å²) in [6, 6.07) is 0. The van der Waals surface area contributed by atoms with Gasteiger partial charge < -0.3 is 4.74 Å². The Bertz CT molecular complexity index is 69.1. The predicted octanol–water partition coefficient (Wildman–Crippen LogP) is 2.71. The molecule has 1 atom stereocenters. The van der Waals surface area contributed by atoms with Crippen LogP contribution in [0.1, 0.15) is 33.6 Å². The molecule has 0 aliphatic carbocycles. The molecule has 0 spiro atoms. The molecule has 0 heterocycles. The maximum atomic E-state index is 5.10. The zero-order valence-electron chi connectivity index (χ0n) is 7.68. The summed E-state index contributed by atoms with van der Waals surface area (Å²) in [6.45, 7) is 7.68. The van der Waals surface area contributed by atoms with Gasteiger partial charge in [0.05, 0.1) is 0 Å². The predicted molar refractivity (Wildman–Crippen MR) is 45.1 cm³/mol. The first-order valence-corrected chi connectivity index (χ1v) is 4.19. The fraction of sp³-hybridized carbons (Fsp3) is 1.00. The minimum absolute atomic E-state index is 0.769. The maximum Gasteiger partial charge on any atom is 0.0490 e. The fourth-order valence-electron chi connectivity index (χ4n) is 1.25. The first-order valence-electron chi connectivity index (χ1n) is 4.19. The Morgan fingerprint density at radius 2 is 1.90 bits per heavy atom. The van der Waals surface area contributed by atoms with E-state index in [0.29, 0.717) is 0 Å². The summed E-state index contributed by atoms with van der Waals surface area (Å²) in [4.78, 5) is 0. The molecule has 1 heteroatoms. The van der Waals surface area contributed by atoms with E-state index < -0.39 is 0 Å².